The van der Waals surface area contributed by atoms with E-state index in [-0.39, 0.29) is 12.5 Å². The molecule has 0 bridgehead atoms. The van der Waals surface area contributed by atoms with Crippen LogP contribution in [0.2, 0.25) is 0 Å². The Morgan fingerprint density at radius 1 is 1.47 bits per heavy atom. The van der Waals surface area contributed by atoms with Crippen LogP contribution < -0.4 is 9.64 Å². The van der Waals surface area contributed by atoms with Crippen LogP contribution >= 0.6 is 0 Å². The van der Waals surface area contributed by atoms with Crippen molar-refractivity contribution >= 4 is 11.8 Å². The van der Waals surface area contributed by atoms with Gasteiger partial charge >= 0.3 is 5.97 Å². The zero-order valence-electron chi connectivity index (χ0n) is 10.5. The van der Waals surface area contributed by atoms with E-state index < -0.39 is 0 Å². The molecule has 0 unspecified atom stereocenters. The summed E-state index contributed by atoms with van der Waals surface area (Å²) < 4.78 is 10.1. The normalized spacial score (nSPS) is 9.82. The Morgan fingerprint density at radius 2 is 2.24 bits per heavy atom. The SMILES string of the molecule is CCOc1cccnc1N(CC)CC(=O)OC. The van der Waals surface area contributed by atoms with Gasteiger partial charge in [0.1, 0.15) is 6.54 Å². The van der Waals surface area contributed by atoms with E-state index >= 15 is 0 Å². The first-order valence-electron chi connectivity index (χ1n) is 5.62. The largest absolute Gasteiger partial charge is 0.490 e. The van der Waals surface area contributed by atoms with Gasteiger partial charge in [0.25, 0.3) is 0 Å². The first-order chi connectivity index (χ1) is 8.22. The second kappa shape index (κ2) is 6.73. The van der Waals surface area contributed by atoms with Crippen LogP contribution in [0.5, 0.6) is 5.75 Å². The summed E-state index contributed by atoms with van der Waals surface area (Å²) in [6.45, 7) is 5.26. The third-order valence-electron chi connectivity index (χ3n) is 2.28. The van der Waals surface area contributed by atoms with Crippen molar-refractivity contribution in [3.05, 3.63) is 18.3 Å². The van der Waals surface area contributed by atoms with Gasteiger partial charge in [0.05, 0.1) is 13.7 Å². The summed E-state index contributed by atoms with van der Waals surface area (Å²) in [4.78, 5) is 17.4. The van der Waals surface area contributed by atoms with Gasteiger partial charge in [0.15, 0.2) is 11.6 Å². The quantitative estimate of drug-likeness (QED) is 0.703. The van der Waals surface area contributed by atoms with Crippen LogP contribution in [0.1, 0.15) is 13.8 Å². The first-order valence-corrected chi connectivity index (χ1v) is 5.62. The fourth-order valence-corrected chi connectivity index (χ4v) is 1.44. The lowest BCUT2D eigenvalue weighted by molar-refractivity contribution is -0.138. The maximum Gasteiger partial charge on any atom is 0.325 e. The summed E-state index contributed by atoms with van der Waals surface area (Å²) in [6.07, 6.45) is 1.68. The molecule has 0 N–H and O–H groups in total. The maximum atomic E-state index is 11.3. The second-order valence-electron chi connectivity index (χ2n) is 3.35. The van der Waals surface area contributed by atoms with Crippen molar-refractivity contribution in [1.82, 2.24) is 4.98 Å². The van der Waals surface area contributed by atoms with Crippen molar-refractivity contribution < 1.29 is 14.3 Å². The van der Waals surface area contributed by atoms with E-state index in [1.165, 1.54) is 7.11 Å². The predicted octanol–water partition coefficient (Wildman–Crippen LogP) is 1.48. The summed E-state index contributed by atoms with van der Waals surface area (Å²) in [6, 6.07) is 3.65. The van der Waals surface area contributed by atoms with E-state index in [9.17, 15) is 4.79 Å². The number of carbonyl (C=O) groups is 1. The van der Waals surface area contributed by atoms with E-state index in [2.05, 4.69) is 9.72 Å². The highest BCUT2D eigenvalue weighted by Gasteiger charge is 2.15. The highest BCUT2D eigenvalue weighted by Crippen LogP contribution is 2.24. The molecular weight excluding hydrogens is 220 g/mol. The Kier molecular flexibility index (Phi) is 5.26. The summed E-state index contributed by atoms with van der Waals surface area (Å²) in [5, 5.41) is 0. The molecule has 0 radical (unpaired) electrons. The van der Waals surface area contributed by atoms with E-state index in [0.717, 1.165) is 0 Å². The van der Waals surface area contributed by atoms with Crippen molar-refractivity contribution in [3.63, 3.8) is 0 Å². The van der Waals surface area contributed by atoms with Gasteiger partial charge in [0.2, 0.25) is 0 Å². The predicted molar refractivity (Wildman–Crippen MR) is 65.3 cm³/mol. The molecule has 5 heteroatoms. The summed E-state index contributed by atoms with van der Waals surface area (Å²) in [5.41, 5.74) is 0. The minimum Gasteiger partial charge on any atom is -0.490 e. The maximum absolute atomic E-state index is 11.3. The van der Waals surface area contributed by atoms with Crippen LogP contribution in [-0.2, 0) is 9.53 Å². The van der Waals surface area contributed by atoms with Crippen molar-refractivity contribution in [2.45, 2.75) is 13.8 Å². The minimum atomic E-state index is -0.292. The molecule has 0 amide bonds. The van der Waals surface area contributed by atoms with Crippen molar-refractivity contribution in [3.8, 4) is 5.75 Å². The molecule has 5 nitrogen and oxygen atoms in total. The van der Waals surface area contributed by atoms with Gasteiger partial charge in [-0.05, 0) is 26.0 Å². The van der Waals surface area contributed by atoms with Gasteiger partial charge in [-0.25, -0.2) is 4.98 Å². The number of nitrogens with zero attached hydrogens (tertiary/aromatic N) is 2. The zero-order valence-corrected chi connectivity index (χ0v) is 10.5. The number of likely N-dealkylation sites (N-methyl/N-ethyl adjacent to an activating group) is 1. The van der Waals surface area contributed by atoms with E-state index in [4.69, 9.17) is 4.74 Å². The molecule has 0 aliphatic rings. The molecule has 1 aromatic rings. The number of pyridine rings is 1. The Hall–Kier alpha value is -1.78. The fraction of sp³-hybridized carbons (Fsp3) is 0.500. The van der Waals surface area contributed by atoms with Crippen LogP contribution in [0.25, 0.3) is 0 Å². The van der Waals surface area contributed by atoms with Crippen molar-refractivity contribution in [1.29, 1.82) is 0 Å². The van der Waals surface area contributed by atoms with E-state index in [1.54, 1.807) is 12.3 Å². The summed E-state index contributed by atoms with van der Waals surface area (Å²) in [7, 11) is 1.37. The lowest BCUT2D eigenvalue weighted by Gasteiger charge is -2.22. The fourth-order valence-electron chi connectivity index (χ4n) is 1.44. The number of carbonyl (C=O) groups excluding carboxylic acids is 1. The molecule has 0 saturated carbocycles. The monoisotopic (exact) mass is 238 g/mol. The molecular formula is C12H18N2O3. The van der Waals surface area contributed by atoms with Crippen LogP contribution in [0.3, 0.4) is 0 Å². The summed E-state index contributed by atoms with van der Waals surface area (Å²) in [5.74, 6) is 1.06. The Balaban J connectivity index is 2.90. The molecule has 0 spiro atoms. The molecule has 1 rings (SSSR count). The molecule has 0 saturated heterocycles. The van der Waals surface area contributed by atoms with Gasteiger partial charge in [-0.1, -0.05) is 0 Å². The Morgan fingerprint density at radius 3 is 2.82 bits per heavy atom. The Bertz CT molecular complexity index is 369. The van der Waals surface area contributed by atoms with Gasteiger partial charge < -0.3 is 14.4 Å². The van der Waals surface area contributed by atoms with Crippen molar-refractivity contribution in [2.24, 2.45) is 0 Å². The van der Waals surface area contributed by atoms with Crippen LogP contribution in [0.15, 0.2) is 18.3 Å². The Labute approximate surface area is 101 Å². The third kappa shape index (κ3) is 3.62. The number of aromatic nitrogens is 1. The number of esters is 1. The molecule has 0 fully saturated rings. The number of hydrogen-bond donors (Lipinski definition) is 0. The molecule has 0 atom stereocenters. The highest BCUT2D eigenvalue weighted by atomic mass is 16.5. The average Bonchev–Trinajstić information content (AvgIpc) is 2.37. The molecule has 1 aromatic heterocycles. The molecule has 1 heterocycles. The average molecular weight is 238 g/mol. The number of hydrogen-bond acceptors (Lipinski definition) is 5. The minimum absolute atomic E-state index is 0.171. The number of anilines is 1. The van der Waals surface area contributed by atoms with Gasteiger partial charge in [-0.2, -0.15) is 0 Å². The summed E-state index contributed by atoms with van der Waals surface area (Å²) >= 11 is 0. The molecule has 17 heavy (non-hydrogen) atoms. The molecule has 0 aliphatic carbocycles. The van der Waals surface area contributed by atoms with Crippen LogP contribution in [0.4, 0.5) is 5.82 Å². The van der Waals surface area contributed by atoms with Crippen molar-refractivity contribution in [2.75, 3.05) is 31.7 Å². The molecule has 0 aromatic carbocycles. The van der Waals surface area contributed by atoms with Gasteiger partial charge in [-0.15, -0.1) is 0 Å². The van der Waals surface area contributed by atoms with E-state index in [1.807, 2.05) is 24.8 Å². The second-order valence-corrected chi connectivity index (χ2v) is 3.35. The standard InChI is InChI=1S/C12H18N2O3/c1-4-14(9-11(15)16-3)12-10(17-5-2)7-6-8-13-12/h6-8H,4-5,9H2,1-3H3. The third-order valence-corrected chi connectivity index (χ3v) is 2.28. The number of ether oxygens (including phenoxy) is 2. The topological polar surface area (TPSA) is 51.7 Å². The number of rotatable bonds is 6. The first kappa shape index (κ1) is 13.3. The zero-order chi connectivity index (χ0) is 12.7. The molecule has 0 aliphatic heterocycles. The lowest BCUT2D eigenvalue weighted by Crippen LogP contribution is -2.31. The smallest absolute Gasteiger partial charge is 0.325 e. The van der Waals surface area contributed by atoms with E-state index in [0.29, 0.717) is 24.7 Å². The highest BCUT2D eigenvalue weighted by molar-refractivity contribution is 5.76. The molecule has 94 valence electrons. The van der Waals surface area contributed by atoms with Gasteiger partial charge in [-0.3, -0.25) is 4.79 Å². The lowest BCUT2D eigenvalue weighted by atomic mass is 10.3. The van der Waals surface area contributed by atoms with Crippen LogP contribution in [0, 0.1) is 0 Å². The van der Waals surface area contributed by atoms with Crippen LogP contribution in [-0.4, -0.2) is 37.8 Å². The van der Waals surface area contributed by atoms with Gasteiger partial charge in [0, 0.05) is 12.7 Å². The number of methoxy groups -OCH3 is 1.